The van der Waals surface area contributed by atoms with E-state index < -0.39 is 86.4 Å². The van der Waals surface area contributed by atoms with Crippen LogP contribution in [0.4, 0.5) is 10.5 Å². The number of nitrogens with zero attached hydrogens (tertiary/aromatic N) is 2. The van der Waals surface area contributed by atoms with Crippen LogP contribution in [0.5, 0.6) is 0 Å². The molecule has 2 aromatic rings. The summed E-state index contributed by atoms with van der Waals surface area (Å²) in [5.74, 6) is -5.53. The van der Waals surface area contributed by atoms with Crippen LogP contribution in [0, 0.1) is 37.0 Å². The van der Waals surface area contributed by atoms with Gasteiger partial charge in [0.2, 0.25) is 23.6 Å². The van der Waals surface area contributed by atoms with Gasteiger partial charge in [-0.15, -0.1) is 0 Å². The number of carbonyl (C=O) groups excluding carboxylic acids is 9. The highest BCUT2D eigenvalue weighted by atomic mass is 32.2. The Kier molecular flexibility index (Phi) is 28.0. The second kappa shape index (κ2) is 33.0. The monoisotopic (exact) mass is 1190 g/mol. The lowest BCUT2D eigenvalue weighted by Crippen LogP contribution is -2.61. The molecule has 1 aliphatic rings. The smallest absolute Gasteiger partial charge is 0.312 e. The molecule has 0 saturated heterocycles. The molecule has 0 aromatic heterocycles. The molecule has 0 aliphatic carbocycles. The molecule has 0 unspecified atom stereocenters. The largest absolute Gasteiger partial charge is 0.379 e. The number of carbonyl (C=O) groups is 9. The van der Waals surface area contributed by atoms with Gasteiger partial charge in [-0.05, 0) is 86.7 Å². The zero-order valence-electron chi connectivity index (χ0n) is 51.4. The average Bonchev–Trinajstić information content (AvgIpc) is 3.91. The first-order valence-corrected chi connectivity index (χ1v) is 29.8. The topological polar surface area (TPSA) is 320 Å². The van der Waals surface area contributed by atoms with Crippen molar-refractivity contribution in [3.63, 3.8) is 0 Å². The number of hydrogen-bond donors (Lipinski definition) is 7. The third-order valence-electron chi connectivity index (χ3n) is 14.7. The number of amides is 9. The molecular formula is C60H91N9O14S. The number of likely N-dealkylation sites (N-methyl/N-ethyl adjacent to an activating group) is 2. The maximum Gasteiger partial charge on any atom is 0.312 e. The Morgan fingerprint density at radius 3 is 1.89 bits per heavy atom. The van der Waals surface area contributed by atoms with Crippen molar-refractivity contribution in [2.24, 2.45) is 28.9 Å². The number of anilines is 1. The average molecular weight is 1190 g/mol. The van der Waals surface area contributed by atoms with Gasteiger partial charge in [0.25, 0.3) is 27.7 Å². The lowest BCUT2D eigenvalue weighted by atomic mass is 9.76. The van der Waals surface area contributed by atoms with Crippen molar-refractivity contribution in [3.8, 4) is 0 Å². The Balaban J connectivity index is 1.68. The van der Waals surface area contributed by atoms with Crippen LogP contribution in [0.3, 0.4) is 0 Å². The normalized spacial score (nSPS) is 14.9. The number of nitrogens with two attached hydrogens (primary N) is 1. The van der Waals surface area contributed by atoms with Crippen molar-refractivity contribution in [3.05, 3.63) is 83.0 Å². The summed E-state index contributed by atoms with van der Waals surface area (Å²) in [5.41, 5.74) is 5.59. The molecule has 2 aromatic carbocycles. The van der Waals surface area contributed by atoms with Gasteiger partial charge in [-0.1, -0.05) is 98.7 Å². The van der Waals surface area contributed by atoms with E-state index >= 15 is 0 Å². The highest BCUT2D eigenvalue weighted by molar-refractivity contribution is 7.90. The number of rotatable bonds is 35. The summed E-state index contributed by atoms with van der Waals surface area (Å²) in [7, 11) is -1.27. The number of nitrogens with one attached hydrogen (secondary N) is 6. The number of imide groups is 1. The van der Waals surface area contributed by atoms with Gasteiger partial charge in [0.15, 0.2) is 5.78 Å². The van der Waals surface area contributed by atoms with Crippen molar-refractivity contribution in [1.82, 2.24) is 35.8 Å². The first-order chi connectivity index (χ1) is 39.3. The second-order valence-electron chi connectivity index (χ2n) is 23.3. The van der Waals surface area contributed by atoms with Crippen LogP contribution in [0.2, 0.25) is 0 Å². The third-order valence-corrected chi connectivity index (χ3v) is 16.2. The summed E-state index contributed by atoms with van der Waals surface area (Å²) in [6, 6.07) is 8.06. The van der Waals surface area contributed by atoms with Crippen LogP contribution in [-0.2, 0) is 68.0 Å². The summed E-state index contributed by atoms with van der Waals surface area (Å²) < 4.78 is 46.5. The Morgan fingerprint density at radius 2 is 1.35 bits per heavy atom. The van der Waals surface area contributed by atoms with Gasteiger partial charge in [-0.25, -0.2) is 17.9 Å². The zero-order valence-corrected chi connectivity index (χ0v) is 52.2. The molecule has 24 heteroatoms. The van der Waals surface area contributed by atoms with E-state index in [1.807, 2.05) is 78.8 Å². The first kappa shape index (κ1) is 71.4. The van der Waals surface area contributed by atoms with Crippen LogP contribution in [-0.4, -0.2) is 162 Å². The fraction of sp³-hybridized carbons (Fsp3) is 0.583. The Hall–Kier alpha value is -6.86. The summed E-state index contributed by atoms with van der Waals surface area (Å²) in [6.07, 6.45) is 3.96. The fourth-order valence-electron chi connectivity index (χ4n) is 9.51. The fourth-order valence-corrected chi connectivity index (χ4v) is 10.8. The highest BCUT2D eigenvalue weighted by Crippen LogP contribution is 2.31. The molecule has 1 aliphatic heterocycles. The number of benzene rings is 2. The molecule has 0 fully saturated rings. The molecule has 0 spiro atoms. The highest BCUT2D eigenvalue weighted by Gasteiger charge is 2.42. The minimum absolute atomic E-state index is 0.00820. The summed E-state index contributed by atoms with van der Waals surface area (Å²) >= 11 is 0. The van der Waals surface area contributed by atoms with E-state index in [9.17, 15) is 51.6 Å². The van der Waals surface area contributed by atoms with Crippen LogP contribution >= 0.6 is 0 Å². The van der Waals surface area contributed by atoms with Crippen molar-refractivity contribution in [2.45, 2.75) is 143 Å². The van der Waals surface area contributed by atoms with E-state index in [1.165, 1.54) is 49.1 Å². The van der Waals surface area contributed by atoms with Gasteiger partial charge in [0, 0.05) is 61.2 Å². The maximum absolute atomic E-state index is 14.5. The number of sulfonamides is 1. The number of Topliss-reactive ketones (excluding diaryl/α,β-unsaturated/α-hetero) is 1. The van der Waals surface area contributed by atoms with E-state index in [0.717, 1.165) is 10.5 Å². The lowest BCUT2D eigenvalue weighted by molar-refractivity contribution is -0.141. The van der Waals surface area contributed by atoms with Gasteiger partial charge < -0.3 is 51.4 Å². The summed E-state index contributed by atoms with van der Waals surface area (Å²) in [4.78, 5) is 120. The number of primary amides is 1. The Labute approximate surface area is 495 Å². The SMILES string of the molecule is CN[C@H](C(=O)N[C@H](C(=O)N(C)[C@H](/C=C(\C)C(=O)NS(=O)(=O)c1ccc(NC(=O)[C@H](CCCNC(N)=O)CC(=O)[C@@H](NC(=O)CCOCCOCCOCCN2C(=O)C=CC2=O)C(C)C)c(C)c1C)C(C)C)C(C)(C)C)C(C)(C)c1ccccc1. The van der Waals surface area contributed by atoms with E-state index in [1.54, 1.807) is 34.9 Å². The van der Waals surface area contributed by atoms with Gasteiger partial charge >= 0.3 is 6.03 Å². The number of ether oxygens (including phenoxy) is 3. The molecule has 0 radical (unpaired) electrons. The molecule has 3 rings (SSSR count). The molecular weight excluding hydrogens is 1100 g/mol. The summed E-state index contributed by atoms with van der Waals surface area (Å²) in [5, 5.41) is 14.2. The Bertz CT molecular complexity index is 2790. The third kappa shape index (κ3) is 21.3. The predicted molar refractivity (Wildman–Crippen MR) is 318 cm³/mol. The Morgan fingerprint density at radius 1 is 0.762 bits per heavy atom. The second-order valence-corrected chi connectivity index (χ2v) is 24.9. The van der Waals surface area contributed by atoms with Crippen molar-refractivity contribution in [1.29, 1.82) is 0 Å². The van der Waals surface area contributed by atoms with Crippen LogP contribution < -0.4 is 37.0 Å². The molecule has 0 bridgehead atoms. The van der Waals surface area contributed by atoms with Gasteiger partial charge in [-0.3, -0.25) is 43.3 Å². The van der Waals surface area contributed by atoms with Crippen molar-refractivity contribution < 1.29 is 65.8 Å². The standard InChI is InChI=1S/C60H91N9O14S/c1-37(2)45(68(14)57(77)53(59(8,9)10)66-56(76)52(62-13)60(11,12)43-20-16-15-17-21-43)35-39(5)54(74)67-84(79,80)47-23-22-44(40(6)41(47)7)64-55(75)42(19-18-27-63-58(61)78)36-46(70)51(38(3)4)65-48(71)26-29-81-31-33-83-34-32-82-30-28-69-49(72)24-25-50(69)73/h15-17,20-25,35,37-38,42,45,51-53,62H,18-19,26-34,36H2,1-14H3,(H,64,75)(H,65,71)(H,66,76)(H,67,74)(H3,61,63,78)/b39-35+/t42-,45-,51+,52-,53-/m1/s1. The first-order valence-electron chi connectivity index (χ1n) is 28.3. The van der Waals surface area contributed by atoms with Crippen LogP contribution in [0.25, 0.3) is 0 Å². The van der Waals surface area contributed by atoms with E-state index in [0.29, 0.717) is 5.56 Å². The molecule has 9 amide bonds. The molecule has 84 heavy (non-hydrogen) atoms. The molecule has 0 saturated carbocycles. The van der Waals surface area contributed by atoms with E-state index in [2.05, 4.69) is 31.3 Å². The van der Waals surface area contributed by atoms with E-state index in [-0.39, 0.29) is 130 Å². The lowest BCUT2D eigenvalue weighted by Gasteiger charge is -2.40. The molecule has 5 atom stereocenters. The van der Waals surface area contributed by atoms with Gasteiger partial charge in [-0.2, -0.15) is 0 Å². The van der Waals surface area contributed by atoms with Crippen LogP contribution in [0.1, 0.15) is 112 Å². The minimum atomic E-state index is -4.53. The predicted octanol–water partition coefficient (Wildman–Crippen LogP) is 4.10. The van der Waals surface area contributed by atoms with Crippen LogP contribution in [0.15, 0.2) is 71.2 Å². The van der Waals surface area contributed by atoms with Crippen molar-refractivity contribution in [2.75, 3.05) is 72.1 Å². The van der Waals surface area contributed by atoms with E-state index in [4.69, 9.17) is 19.9 Å². The maximum atomic E-state index is 14.5. The quantitative estimate of drug-likeness (QED) is 0.0290. The number of hydrogen-bond acceptors (Lipinski definition) is 15. The molecule has 8 N–H and O–H groups in total. The summed E-state index contributed by atoms with van der Waals surface area (Å²) in [6.45, 7) is 22.5. The van der Waals surface area contributed by atoms with Gasteiger partial charge in [0.05, 0.1) is 69.2 Å². The molecule has 466 valence electrons. The zero-order chi connectivity index (χ0) is 63.3. The molecule has 1 heterocycles. The number of ketones is 1. The minimum Gasteiger partial charge on any atom is -0.379 e. The van der Waals surface area contributed by atoms with Crippen molar-refractivity contribution >= 4 is 68.9 Å². The van der Waals surface area contributed by atoms with Gasteiger partial charge in [0.1, 0.15) is 6.04 Å². The number of urea groups is 1. The molecule has 23 nitrogen and oxygen atoms in total.